The third kappa shape index (κ3) is 3.23. The Kier molecular flexibility index (Phi) is 4.74. The van der Waals surface area contributed by atoms with Gasteiger partial charge in [0.1, 0.15) is 5.75 Å². The van der Waals surface area contributed by atoms with Gasteiger partial charge >= 0.3 is 0 Å². The van der Waals surface area contributed by atoms with E-state index in [1.807, 2.05) is 13.8 Å². The molecule has 0 saturated carbocycles. The van der Waals surface area contributed by atoms with Crippen LogP contribution >= 0.6 is 0 Å². The molecule has 0 unspecified atom stereocenters. The molecule has 1 heterocycles. The Balaban J connectivity index is 2.41. The van der Waals surface area contributed by atoms with Crippen LogP contribution in [0.5, 0.6) is 5.75 Å². The number of carbonyl (C=O) groups is 1. The average Bonchev–Trinajstić information content (AvgIpc) is 2.45. The SMILES string of the molecule is COc1ccc(S(=O)(=O)N2C[C@@H](C)O[C@H](C)C2)cc1C(N)=O. The van der Waals surface area contributed by atoms with Crippen LogP contribution in [-0.4, -0.2) is 51.0 Å². The zero-order chi connectivity index (χ0) is 16.5. The minimum absolute atomic E-state index is 0.0170. The van der Waals surface area contributed by atoms with Crippen molar-refractivity contribution in [3.63, 3.8) is 0 Å². The van der Waals surface area contributed by atoms with Crippen molar-refractivity contribution in [2.45, 2.75) is 31.0 Å². The molecule has 1 aromatic rings. The predicted octanol–water partition coefficient (Wildman–Crippen LogP) is 0.592. The summed E-state index contributed by atoms with van der Waals surface area (Å²) in [4.78, 5) is 11.5. The highest BCUT2D eigenvalue weighted by Gasteiger charge is 2.32. The fourth-order valence-electron chi connectivity index (χ4n) is 2.52. The van der Waals surface area contributed by atoms with Gasteiger partial charge in [0.2, 0.25) is 10.0 Å². The number of morpholine rings is 1. The van der Waals surface area contributed by atoms with Gasteiger partial charge in [-0.05, 0) is 32.0 Å². The summed E-state index contributed by atoms with van der Waals surface area (Å²) in [5.74, 6) is -0.493. The Morgan fingerprint density at radius 1 is 1.32 bits per heavy atom. The molecule has 1 amide bonds. The summed E-state index contributed by atoms with van der Waals surface area (Å²) < 4.78 is 37.4. The maximum atomic E-state index is 12.7. The van der Waals surface area contributed by atoms with Crippen LogP contribution in [0.15, 0.2) is 23.1 Å². The van der Waals surface area contributed by atoms with Crippen molar-refractivity contribution in [2.24, 2.45) is 5.73 Å². The van der Waals surface area contributed by atoms with Crippen molar-refractivity contribution in [1.29, 1.82) is 0 Å². The third-order valence-corrected chi connectivity index (χ3v) is 5.29. The first kappa shape index (κ1) is 16.7. The Morgan fingerprint density at radius 2 is 1.91 bits per heavy atom. The highest BCUT2D eigenvalue weighted by molar-refractivity contribution is 7.89. The maximum Gasteiger partial charge on any atom is 0.252 e. The van der Waals surface area contributed by atoms with E-state index < -0.39 is 15.9 Å². The zero-order valence-electron chi connectivity index (χ0n) is 12.8. The Hall–Kier alpha value is -1.64. The van der Waals surface area contributed by atoms with Crippen LogP contribution in [0.3, 0.4) is 0 Å². The molecule has 8 heteroatoms. The molecule has 0 radical (unpaired) electrons. The van der Waals surface area contributed by atoms with Crippen molar-refractivity contribution in [2.75, 3.05) is 20.2 Å². The molecule has 22 heavy (non-hydrogen) atoms. The normalized spacial score (nSPS) is 23.2. The summed E-state index contributed by atoms with van der Waals surface area (Å²) in [5.41, 5.74) is 5.32. The van der Waals surface area contributed by atoms with Crippen molar-refractivity contribution in [1.82, 2.24) is 4.31 Å². The van der Waals surface area contributed by atoms with Gasteiger partial charge in [0.05, 0.1) is 29.8 Å². The van der Waals surface area contributed by atoms with E-state index in [9.17, 15) is 13.2 Å². The topological polar surface area (TPSA) is 98.9 Å². The molecule has 1 aliphatic rings. The van der Waals surface area contributed by atoms with Crippen LogP contribution in [0, 0.1) is 0 Å². The molecule has 1 aliphatic heterocycles. The van der Waals surface area contributed by atoms with Crippen molar-refractivity contribution < 1.29 is 22.7 Å². The standard InChI is InChI=1S/C14H20N2O5S/c1-9-7-16(8-10(2)21-9)22(18,19)11-4-5-13(20-3)12(6-11)14(15)17/h4-6,9-10H,7-8H2,1-3H3,(H2,15,17)/t9-,10-/m1/s1. The molecule has 2 N–H and O–H groups in total. The maximum absolute atomic E-state index is 12.7. The minimum atomic E-state index is -3.72. The highest BCUT2D eigenvalue weighted by Crippen LogP contribution is 2.26. The average molecular weight is 328 g/mol. The van der Waals surface area contributed by atoms with Gasteiger partial charge in [-0.3, -0.25) is 4.79 Å². The first-order chi connectivity index (χ1) is 10.3. The number of nitrogens with zero attached hydrogens (tertiary/aromatic N) is 1. The number of rotatable bonds is 4. The quantitative estimate of drug-likeness (QED) is 0.872. The second-order valence-corrected chi connectivity index (χ2v) is 7.24. The van der Waals surface area contributed by atoms with Crippen LogP contribution in [-0.2, 0) is 14.8 Å². The van der Waals surface area contributed by atoms with Crippen molar-refractivity contribution in [3.05, 3.63) is 23.8 Å². The van der Waals surface area contributed by atoms with E-state index in [1.54, 1.807) is 0 Å². The molecule has 0 aliphatic carbocycles. The number of methoxy groups -OCH3 is 1. The number of benzene rings is 1. The highest BCUT2D eigenvalue weighted by atomic mass is 32.2. The number of sulfonamides is 1. The number of hydrogen-bond acceptors (Lipinski definition) is 5. The second-order valence-electron chi connectivity index (χ2n) is 5.31. The number of nitrogens with two attached hydrogens (primary N) is 1. The Labute approximate surface area is 130 Å². The van der Waals surface area contributed by atoms with Crippen molar-refractivity contribution in [3.8, 4) is 5.75 Å². The monoisotopic (exact) mass is 328 g/mol. The first-order valence-electron chi connectivity index (χ1n) is 6.89. The lowest BCUT2D eigenvalue weighted by Gasteiger charge is -2.34. The van der Waals surface area contributed by atoms with Gasteiger partial charge in [-0.2, -0.15) is 4.31 Å². The molecule has 7 nitrogen and oxygen atoms in total. The molecular weight excluding hydrogens is 308 g/mol. The molecule has 1 fully saturated rings. The fourth-order valence-corrected chi connectivity index (χ4v) is 4.13. The van der Waals surface area contributed by atoms with Crippen LogP contribution < -0.4 is 10.5 Å². The fraction of sp³-hybridized carbons (Fsp3) is 0.500. The molecular formula is C14H20N2O5S. The number of hydrogen-bond donors (Lipinski definition) is 1. The van der Waals surface area contributed by atoms with Gasteiger partial charge in [0, 0.05) is 13.1 Å². The zero-order valence-corrected chi connectivity index (χ0v) is 13.6. The predicted molar refractivity (Wildman–Crippen MR) is 80.3 cm³/mol. The molecule has 0 bridgehead atoms. The van der Waals surface area contributed by atoms with Crippen LogP contribution in [0.2, 0.25) is 0 Å². The van der Waals surface area contributed by atoms with Gasteiger partial charge in [0.15, 0.2) is 0 Å². The van der Waals surface area contributed by atoms with Gasteiger partial charge in [-0.15, -0.1) is 0 Å². The van der Waals surface area contributed by atoms with Crippen LogP contribution in [0.25, 0.3) is 0 Å². The van der Waals surface area contributed by atoms with Gasteiger partial charge in [0.25, 0.3) is 5.91 Å². The number of ether oxygens (including phenoxy) is 2. The first-order valence-corrected chi connectivity index (χ1v) is 8.33. The van der Waals surface area contributed by atoms with Gasteiger partial charge in [-0.1, -0.05) is 0 Å². The molecule has 0 aromatic heterocycles. The summed E-state index contributed by atoms with van der Waals surface area (Å²) in [7, 11) is -2.33. The van der Waals surface area contributed by atoms with E-state index in [0.29, 0.717) is 0 Å². The number of primary amides is 1. The molecule has 1 saturated heterocycles. The summed E-state index contributed by atoms with van der Waals surface area (Å²) in [6.07, 6.45) is -0.375. The van der Waals surface area contributed by atoms with E-state index >= 15 is 0 Å². The molecule has 2 rings (SSSR count). The van der Waals surface area contributed by atoms with Crippen LogP contribution in [0.1, 0.15) is 24.2 Å². The lowest BCUT2D eigenvalue weighted by Crippen LogP contribution is -2.48. The summed E-state index contributed by atoms with van der Waals surface area (Å²) in [5, 5.41) is 0. The number of carbonyl (C=O) groups excluding carboxylic acids is 1. The molecule has 0 spiro atoms. The summed E-state index contributed by atoms with van der Waals surface area (Å²) in [6.45, 7) is 4.18. The molecule has 2 atom stereocenters. The third-order valence-electron chi connectivity index (χ3n) is 3.46. The van der Waals surface area contributed by atoms with Gasteiger partial charge < -0.3 is 15.2 Å². The van der Waals surface area contributed by atoms with Gasteiger partial charge in [-0.25, -0.2) is 8.42 Å². The summed E-state index contributed by atoms with van der Waals surface area (Å²) >= 11 is 0. The molecule has 1 aromatic carbocycles. The lowest BCUT2D eigenvalue weighted by molar-refractivity contribution is -0.0440. The van der Waals surface area contributed by atoms with Crippen LogP contribution in [0.4, 0.5) is 0 Å². The smallest absolute Gasteiger partial charge is 0.252 e. The largest absolute Gasteiger partial charge is 0.496 e. The van der Waals surface area contributed by atoms with E-state index in [4.69, 9.17) is 15.2 Å². The minimum Gasteiger partial charge on any atom is -0.496 e. The van der Waals surface area contributed by atoms with Crippen molar-refractivity contribution >= 4 is 15.9 Å². The lowest BCUT2D eigenvalue weighted by atomic mass is 10.2. The van der Waals surface area contributed by atoms with E-state index in [1.165, 1.54) is 29.6 Å². The van der Waals surface area contributed by atoms with E-state index in [0.717, 1.165) is 0 Å². The number of amides is 1. The van der Waals surface area contributed by atoms with E-state index in [-0.39, 0.29) is 41.5 Å². The molecule has 122 valence electrons. The second kappa shape index (κ2) is 6.23. The summed E-state index contributed by atoms with van der Waals surface area (Å²) in [6, 6.07) is 4.09. The Bertz CT molecular complexity index is 664. The van der Waals surface area contributed by atoms with E-state index in [2.05, 4.69) is 0 Å². The Morgan fingerprint density at radius 3 is 2.41 bits per heavy atom.